The van der Waals surface area contributed by atoms with Gasteiger partial charge < -0.3 is 0 Å². The van der Waals surface area contributed by atoms with Crippen molar-refractivity contribution in [3.8, 4) is 0 Å². The molecule has 1 aromatic carbocycles. The standard InChI is InChI=1S/C14H19N3/c1-10(2)14(17-15)9-11-7-8-16-13-6-4-3-5-12(11)13/h3-8,10,14,17H,9,15H2,1-2H3. The molecule has 0 aliphatic heterocycles. The minimum atomic E-state index is 0.292. The molecule has 3 heteroatoms. The van der Waals surface area contributed by atoms with Gasteiger partial charge in [-0.1, -0.05) is 32.0 Å². The summed E-state index contributed by atoms with van der Waals surface area (Å²) in [6, 6.07) is 10.6. The van der Waals surface area contributed by atoms with E-state index in [0.29, 0.717) is 12.0 Å². The molecule has 90 valence electrons. The average Bonchev–Trinajstić information content (AvgIpc) is 2.35. The van der Waals surface area contributed by atoms with Gasteiger partial charge in [0.1, 0.15) is 0 Å². The lowest BCUT2D eigenvalue weighted by molar-refractivity contribution is 0.405. The number of benzene rings is 1. The topological polar surface area (TPSA) is 50.9 Å². The van der Waals surface area contributed by atoms with Crippen molar-refractivity contribution in [3.63, 3.8) is 0 Å². The van der Waals surface area contributed by atoms with E-state index in [4.69, 9.17) is 5.84 Å². The van der Waals surface area contributed by atoms with Crippen molar-refractivity contribution in [1.82, 2.24) is 10.4 Å². The van der Waals surface area contributed by atoms with Crippen LogP contribution in [-0.2, 0) is 6.42 Å². The number of hydrazine groups is 1. The summed E-state index contributed by atoms with van der Waals surface area (Å²) in [5.74, 6) is 6.11. The summed E-state index contributed by atoms with van der Waals surface area (Å²) in [4.78, 5) is 4.37. The van der Waals surface area contributed by atoms with Gasteiger partial charge in [0.15, 0.2) is 0 Å². The Balaban J connectivity index is 2.35. The minimum Gasteiger partial charge on any atom is -0.271 e. The molecule has 0 amide bonds. The van der Waals surface area contributed by atoms with Crippen molar-refractivity contribution in [2.75, 3.05) is 0 Å². The largest absolute Gasteiger partial charge is 0.271 e. The Kier molecular flexibility index (Phi) is 3.71. The summed E-state index contributed by atoms with van der Waals surface area (Å²) in [5.41, 5.74) is 5.24. The van der Waals surface area contributed by atoms with Crippen LogP contribution < -0.4 is 11.3 Å². The Morgan fingerprint density at radius 3 is 2.71 bits per heavy atom. The van der Waals surface area contributed by atoms with Crippen LogP contribution in [0.3, 0.4) is 0 Å². The first-order chi connectivity index (χ1) is 8.22. The number of pyridine rings is 1. The maximum absolute atomic E-state index is 5.60. The van der Waals surface area contributed by atoms with Gasteiger partial charge in [-0.05, 0) is 30.0 Å². The van der Waals surface area contributed by atoms with Crippen molar-refractivity contribution in [2.24, 2.45) is 11.8 Å². The molecule has 0 spiro atoms. The maximum atomic E-state index is 5.60. The lowest BCUT2D eigenvalue weighted by Crippen LogP contribution is -2.40. The molecule has 17 heavy (non-hydrogen) atoms. The summed E-state index contributed by atoms with van der Waals surface area (Å²) in [7, 11) is 0. The minimum absolute atomic E-state index is 0.292. The molecular formula is C14H19N3. The lowest BCUT2D eigenvalue weighted by Gasteiger charge is -2.20. The van der Waals surface area contributed by atoms with E-state index in [0.717, 1.165) is 11.9 Å². The fourth-order valence-electron chi connectivity index (χ4n) is 2.06. The molecule has 0 fully saturated rings. The number of aromatic nitrogens is 1. The summed E-state index contributed by atoms with van der Waals surface area (Å²) in [6.45, 7) is 4.35. The zero-order chi connectivity index (χ0) is 12.3. The van der Waals surface area contributed by atoms with Crippen LogP contribution in [0.25, 0.3) is 10.9 Å². The first-order valence-corrected chi connectivity index (χ1v) is 6.01. The van der Waals surface area contributed by atoms with Crippen molar-refractivity contribution < 1.29 is 0 Å². The maximum Gasteiger partial charge on any atom is 0.0704 e. The van der Waals surface area contributed by atoms with E-state index in [1.54, 1.807) is 0 Å². The fourth-order valence-corrected chi connectivity index (χ4v) is 2.06. The summed E-state index contributed by atoms with van der Waals surface area (Å²) < 4.78 is 0. The molecule has 1 heterocycles. The first-order valence-electron chi connectivity index (χ1n) is 6.01. The van der Waals surface area contributed by atoms with Crippen molar-refractivity contribution >= 4 is 10.9 Å². The van der Waals surface area contributed by atoms with Crippen LogP contribution in [0.2, 0.25) is 0 Å². The number of nitrogens with one attached hydrogen (secondary N) is 1. The Hall–Kier alpha value is -1.45. The molecule has 2 aromatic rings. The second-order valence-corrected chi connectivity index (χ2v) is 4.71. The summed E-state index contributed by atoms with van der Waals surface area (Å²) in [5, 5.41) is 1.22. The molecule has 0 aliphatic rings. The number of hydrogen-bond donors (Lipinski definition) is 2. The summed E-state index contributed by atoms with van der Waals surface area (Å²) >= 11 is 0. The molecule has 1 atom stereocenters. The predicted octanol–water partition coefficient (Wildman–Crippen LogP) is 2.27. The molecule has 3 nitrogen and oxygen atoms in total. The summed E-state index contributed by atoms with van der Waals surface area (Å²) in [6.07, 6.45) is 2.79. The third kappa shape index (κ3) is 2.62. The molecule has 2 rings (SSSR count). The predicted molar refractivity (Wildman–Crippen MR) is 71.4 cm³/mol. The van der Waals surface area contributed by atoms with Crippen LogP contribution >= 0.6 is 0 Å². The van der Waals surface area contributed by atoms with Gasteiger partial charge in [0.2, 0.25) is 0 Å². The van der Waals surface area contributed by atoms with Crippen LogP contribution in [0.1, 0.15) is 19.4 Å². The Bertz CT molecular complexity index is 488. The normalized spacial score (nSPS) is 13.2. The van der Waals surface area contributed by atoms with Gasteiger partial charge in [-0.2, -0.15) is 0 Å². The fraction of sp³-hybridized carbons (Fsp3) is 0.357. The Morgan fingerprint density at radius 2 is 2.00 bits per heavy atom. The smallest absolute Gasteiger partial charge is 0.0704 e. The lowest BCUT2D eigenvalue weighted by atomic mass is 9.95. The highest BCUT2D eigenvalue weighted by atomic mass is 15.2. The van der Waals surface area contributed by atoms with E-state index in [2.05, 4.69) is 36.4 Å². The number of fused-ring (bicyclic) bond motifs is 1. The number of para-hydroxylation sites is 1. The van der Waals surface area contributed by atoms with E-state index in [1.165, 1.54) is 10.9 Å². The van der Waals surface area contributed by atoms with E-state index in [1.807, 2.05) is 24.4 Å². The molecule has 0 aliphatic carbocycles. The van der Waals surface area contributed by atoms with E-state index < -0.39 is 0 Å². The third-order valence-corrected chi connectivity index (χ3v) is 3.20. The van der Waals surface area contributed by atoms with Crippen LogP contribution in [-0.4, -0.2) is 11.0 Å². The molecule has 0 radical (unpaired) electrons. The van der Waals surface area contributed by atoms with Gasteiger partial charge in [-0.25, -0.2) is 0 Å². The van der Waals surface area contributed by atoms with Gasteiger partial charge in [0.05, 0.1) is 5.52 Å². The second kappa shape index (κ2) is 5.25. The molecule has 0 saturated carbocycles. The highest BCUT2D eigenvalue weighted by Crippen LogP contribution is 2.19. The van der Waals surface area contributed by atoms with E-state index in [-0.39, 0.29) is 0 Å². The molecule has 1 aromatic heterocycles. The third-order valence-electron chi connectivity index (χ3n) is 3.20. The number of hydrogen-bond acceptors (Lipinski definition) is 3. The van der Waals surface area contributed by atoms with Gasteiger partial charge in [0, 0.05) is 17.6 Å². The quantitative estimate of drug-likeness (QED) is 0.624. The number of nitrogens with two attached hydrogens (primary N) is 1. The molecule has 3 N–H and O–H groups in total. The molecule has 0 bridgehead atoms. The zero-order valence-electron chi connectivity index (χ0n) is 10.4. The highest BCUT2D eigenvalue weighted by Gasteiger charge is 2.13. The van der Waals surface area contributed by atoms with Crippen LogP contribution in [0, 0.1) is 5.92 Å². The zero-order valence-corrected chi connectivity index (χ0v) is 10.4. The van der Waals surface area contributed by atoms with Crippen molar-refractivity contribution in [1.29, 1.82) is 0 Å². The average molecular weight is 229 g/mol. The highest BCUT2D eigenvalue weighted by molar-refractivity contribution is 5.81. The first kappa shape index (κ1) is 12.0. The van der Waals surface area contributed by atoms with Gasteiger partial charge in [-0.15, -0.1) is 0 Å². The Morgan fingerprint density at radius 1 is 1.24 bits per heavy atom. The molecule has 1 unspecified atom stereocenters. The van der Waals surface area contributed by atoms with Gasteiger partial charge >= 0.3 is 0 Å². The van der Waals surface area contributed by atoms with Crippen LogP contribution in [0.5, 0.6) is 0 Å². The second-order valence-electron chi connectivity index (χ2n) is 4.71. The molecule has 0 saturated heterocycles. The monoisotopic (exact) mass is 229 g/mol. The van der Waals surface area contributed by atoms with Crippen molar-refractivity contribution in [3.05, 3.63) is 42.1 Å². The Labute approximate surface area is 102 Å². The SMILES string of the molecule is CC(C)C(Cc1ccnc2ccccc12)NN. The van der Waals surface area contributed by atoms with Gasteiger partial charge in [-0.3, -0.25) is 16.3 Å². The van der Waals surface area contributed by atoms with Gasteiger partial charge in [0.25, 0.3) is 0 Å². The number of rotatable bonds is 4. The van der Waals surface area contributed by atoms with Crippen molar-refractivity contribution in [2.45, 2.75) is 26.3 Å². The van der Waals surface area contributed by atoms with E-state index >= 15 is 0 Å². The van der Waals surface area contributed by atoms with E-state index in [9.17, 15) is 0 Å². The number of nitrogens with zero attached hydrogens (tertiary/aromatic N) is 1. The van der Waals surface area contributed by atoms with Crippen LogP contribution in [0.4, 0.5) is 0 Å². The van der Waals surface area contributed by atoms with Crippen LogP contribution in [0.15, 0.2) is 36.5 Å². The molecular weight excluding hydrogens is 210 g/mol.